The predicted octanol–water partition coefficient (Wildman–Crippen LogP) is 2.13. The van der Waals surface area contributed by atoms with E-state index in [1.165, 1.54) is 13.8 Å². The van der Waals surface area contributed by atoms with E-state index in [0.717, 1.165) is 52.3 Å². The van der Waals surface area contributed by atoms with Gasteiger partial charge >= 0.3 is 5.97 Å². The molecule has 0 saturated carbocycles. The maximum Gasteiger partial charge on any atom is 0.326 e. The quantitative estimate of drug-likeness (QED) is 0.120. The van der Waals surface area contributed by atoms with Gasteiger partial charge in [0.2, 0.25) is 23.6 Å². The fourth-order valence-electron chi connectivity index (χ4n) is 6.91. The summed E-state index contributed by atoms with van der Waals surface area (Å²) in [6, 6.07) is 11.6. The number of rotatable bonds is 12. The molecule has 0 unspecified atom stereocenters. The molecular formula is C36H43N7O6. The molecule has 13 nitrogen and oxygen atoms in total. The predicted molar refractivity (Wildman–Crippen MR) is 183 cm³/mol. The second-order valence-corrected chi connectivity index (χ2v) is 13.5. The second-order valence-electron chi connectivity index (χ2n) is 13.5. The number of H-pyrrole nitrogens is 2. The molecule has 4 aromatic rings. The van der Waals surface area contributed by atoms with Gasteiger partial charge in [-0.05, 0) is 69.3 Å². The van der Waals surface area contributed by atoms with E-state index >= 15 is 0 Å². The summed E-state index contributed by atoms with van der Waals surface area (Å²) >= 11 is 0. The molecule has 13 heteroatoms. The van der Waals surface area contributed by atoms with Crippen LogP contribution in [0.25, 0.3) is 21.8 Å². The lowest BCUT2D eigenvalue weighted by molar-refractivity contribution is -0.143. The van der Waals surface area contributed by atoms with Crippen LogP contribution in [0.3, 0.4) is 0 Å². The second kappa shape index (κ2) is 14.1. The summed E-state index contributed by atoms with van der Waals surface area (Å²) in [5, 5.41) is 23.3. The first-order valence-corrected chi connectivity index (χ1v) is 16.8. The van der Waals surface area contributed by atoms with Crippen LogP contribution in [0.2, 0.25) is 0 Å². The van der Waals surface area contributed by atoms with Crippen molar-refractivity contribution in [2.24, 2.45) is 0 Å². The van der Waals surface area contributed by atoms with Crippen molar-refractivity contribution in [1.29, 1.82) is 0 Å². The van der Waals surface area contributed by atoms with Gasteiger partial charge in [-0.1, -0.05) is 36.4 Å². The Morgan fingerprint density at radius 2 is 1.47 bits per heavy atom. The highest BCUT2D eigenvalue weighted by Gasteiger charge is 2.41. The molecule has 49 heavy (non-hydrogen) atoms. The molecule has 2 aromatic heterocycles. The van der Waals surface area contributed by atoms with E-state index in [2.05, 4.69) is 31.2 Å². The largest absolute Gasteiger partial charge is 0.480 e. The lowest BCUT2D eigenvalue weighted by Gasteiger charge is -2.32. The van der Waals surface area contributed by atoms with E-state index < -0.39 is 47.4 Å². The van der Waals surface area contributed by atoms with Crippen LogP contribution in [0.5, 0.6) is 0 Å². The number of benzene rings is 2. The molecule has 2 aliphatic heterocycles. The van der Waals surface area contributed by atoms with E-state index in [0.29, 0.717) is 19.4 Å². The van der Waals surface area contributed by atoms with Crippen molar-refractivity contribution in [2.75, 3.05) is 13.1 Å². The van der Waals surface area contributed by atoms with Crippen LogP contribution in [0, 0.1) is 0 Å². The molecule has 0 radical (unpaired) electrons. The molecule has 2 aromatic carbocycles. The van der Waals surface area contributed by atoms with Crippen molar-refractivity contribution in [3.05, 3.63) is 72.1 Å². The molecule has 4 atom stereocenters. The van der Waals surface area contributed by atoms with E-state index in [1.807, 2.05) is 48.5 Å². The Morgan fingerprint density at radius 3 is 2.06 bits per heavy atom. The van der Waals surface area contributed by atoms with Crippen molar-refractivity contribution in [1.82, 2.24) is 36.1 Å². The third-order valence-electron chi connectivity index (χ3n) is 9.63. The number of carboxylic acids is 1. The normalized spacial score (nSPS) is 19.1. The van der Waals surface area contributed by atoms with Crippen LogP contribution in [0.4, 0.5) is 0 Å². The molecule has 0 bridgehead atoms. The lowest BCUT2D eigenvalue weighted by Crippen LogP contribution is -2.62. The standard InChI is InChI=1S/C36H43N7O6/c1-36(2,42-32(45)30-14-8-16-43(30)33(46)27-13-7-15-37-27)35(49)41-28(17-21-19-38-25-11-5-3-9-23(21)25)31(44)40-29(34(47)48)18-22-20-39-26-12-6-4-10-24(22)26/h3-6,9-12,19-20,27-30,37-39H,7-8,13-18H2,1-2H3,(H,40,44)(H,41,49)(H,42,45)(H,47,48)/t27-,28-,29-,30+/m0/s1. The average molecular weight is 670 g/mol. The molecule has 0 spiro atoms. The van der Waals surface area contributed by atoms with Gasteiger partial charge < -0.3 is 41.2 Å². The highest BCUT2D eigenvalue weighted by Crippen LogP contribution is 2.23. The number of aromatic amines is 2. The zero-order valence-electron chi connectivity index (χ0n) is 27.7. The summed E-state index contributed by atoms with van der Waals surface area (Å²) in [5.41, 5.74) is 1.72. The SMILES string of the molecule is CC(C)(NC(=O)[C@H]1CCCN1C(=O)[C@@H]1CCCN1)C(=O)N[C@@H](Cc1c[nH]c2ccccc12)C(=O)N[C@@H](Cc1c[nH]c2ccccc12)C(=O)O. The fourth-order valence-corrected chi connectivity index (χ4v) is 6.91. The maximum atomic E-state index is 13.9. The number of carboxylic acid groups (broad SMARTS) is 1. The summed E-state index contributed by atoms with van der Waals surface area (Å²) in [5.74, 6) is -3.06. The molecule has 7 N–H and O–H groups in total. The molecular weight excluding hydrogens is 626 g/mol. The lowest BCUT2D eigenvalue weighted by atomic mass is 9.99. The molecule has 0 aliphatic carbocycles. The minimum absolute atomic E-state index is 0.0212. The number of likely N-dealkylation sites (tertiary alicyclic amines) is 1. The highest BCUT2D eigenvalue weighted by molar-refractivity contribution is 5.98. The number of hydrogen-bond donors (Lipinski definition) is 7. The van der Waals surface area contributed by atoms with Gasteiger partial charge in [0, 0.05) is 53.6 Å². The van der Waals surface area contributed by atoms with Crippen LogP contribution >= 0.6 is 0 Å². The Hall–Kier alpha value is -5.17. The van der Waals surface area contributed by atoms with Gasteiger partial charge in [0.15, 0.2) is 0 Å². The van der Waals surface area contributed by atoms with Crippen LogP contribution in [-0.2, 0) is 36.8 Å². The van der Waals surface area contributed by atoms with Crippen LogP contribution < -0.4 is 21.3 Å². The Balaban J connectivity index is 1.19. The third-order valence-corrected chi connectivity index (χ3v) is 9.63. The third kappa shape index (κ3) is 7.31. The summed E-state index contributed by atoms with van der Waals surface area (Å²) in [6.45, 7) is 4.31. The summed E-state index contributed by atoms with van der Waals surface area (Å²) in [6.07, 6.45) is 6.36. The van der Waals surface area contributed by atoms with Gasteiger partial charge in [-0.2, -0.15) is 0 Å². The topological polar surface area (TPSA) is 189 Å². The van der Waals surface area contributed by atoms with Crippen molar-refractivity contribution in [3.8, 4) is 0 Å². The Kier molecular flexibility index (Phi) is 9.72. The first-order chi connectivity index (χ1) is 23.5. The van der Waals surface area contributed by atoms with Gasteiger partial charge in [0.05, 0.1) is 6.04 Å². The molecule has 2 fully saturated rings. The molecule has 2 saturated heterocycles. The first kappa shape index (κ1) is 33.7. The minimum atomic E-state index is -1.46. The van der Waals surface area contributed by atoms with Crippen LogP contribution in [-0.4, -0.2) is 92.4 Å². The number of nitrogens with one attached hydrogen (secondary N) is 6. The van der Waals surface area contributed by atoms with Gasteiger partial charge in [-0.25, -0.2) is 4.79 Å². The number of aliphatic carboxylic acids is 1. The van der Waals surface area contributed by atoms with E-state index in [1.54, 1.807) is 17.3 Å². The zero-order chi connectivity index (χ0) is 34.7. The van der Waals surface area contributed by atoms with Crippen molar-refractivity contribution in [3.63, 3.8) is 0 Å². The number of carbonyl (C=O) groups is 5. The molecule has 4 amide bonds. The number of hydrogen-bond acceptors (Lipinski definition) is 6. The van der Waals surface area contributed by atoms with E-state index in [-0.39, 0.29) is 24.8 Å². The van der Waals surface area contributed by atoms with Gasteiger partial charge in [-0.15, -0.1) is 0 Å². The van der Waals surface area contributed by atoms with Gasteiger partial charge in [0.1, 0.15) is 23.7 Å². The highest BCUT2D eigenvalue weighted by atomic mass is 16.4. The van der Waals surface area contributed by atoms with Crippen molar-refractivity contribution >= 4 is 51.4 Å². The Labute approximate surface area is 283 Å². The number of amides is 4. The molecule has 2 aliphatic rings. The van der Waals surface area contributed by atoms with E-state index in [4.69, 9.17) is 0 Å². The zero-order valence-corrected chi connectivity index (χ0v) is 27.7. The molecule has 6 rings (SSSR count). The first-order valence-electron chi connectivity index (χ1n) is 16.8. The number of fused-ring (bicyclic) bond motifs is 2. The minimum Gasteiger partial charge on any atom is -0.480 e. The number of carbonyl (C=O) groups excluding carboxylic acids is 4. The number of para-hydroxylation sites is 2. The Morgan fingerprint density at radius 1 is 0.857 bits per heavy atom. The summed E-state index contributed by atoms with van der Waals surface area (Å²) in [7, 11) is 0. The number of nitrogens with zero attached hydrogens (tertiary/aromatic N) is 1. The monoisotopic (exact) mass is 669 g/mol. The smallest absolute Gasteiger partial charge is 0.326 e. The summed E-state index contributed by atoms with van der Waals surface area (Å²) in [4.78, 5) is 74.7. The van der Waals surface area contributed by atoms with Crippen LogP contribution in [0.15, 0.2) is 60.9 Å². The molecule has 258 valence electrons. The van der Waals surface area contributed by atoms with Crippen LogP contribution in [0.1, 0.15) is 50.7 Å². The fraction of sp³-hybridized carbons (Fsp3) is 0.417. The number of aromatic nitrogens is 2. The van der Waals surface area contributed by atoms with Crippen molar-refractivity contribution in [2.45, 2.75) is 82.1 Å². The average Bonchev–Trinajstić information content (AvgIpc) is 3.91. The van der Waals surface area contributed by atoms with Gasteiger partial charge in [-0.3, -0.25) is 19.2 Å². The Bertz CT molecular complexity index is 1870. The maximum absolute atomic E-state index is 13.9. The van der Waals surface area contributed by atoms with E-state index in [9.17, 15) is 29.1 Å². The molecule has 4 heterocycles. The summed E-state index contributed by atoms with van der Waals surface area (Å²) < 4.78 is 0. The van der Waals surface area contributed by atoms with Crippen molar-refractivity contribution < 1.29 is 29.1 Å². The van der Waals surface area contributed by atoms with Gasteiger partial charge in [0.25, 0.3) is 0 Å².